The van der Waals surface area contributed by atoms with Crippen LogP contribution in [0, 0.1) is 48.9 Å². The van der Waals surface area contributed by atoms with E-state index in [4.69, 9.17) is 30.9 Å². The predicted octanol–water partition coefficient (Wildman–Crippen LogP) is 15.7. The van der Waals surface area contributed by atoms with E-state index in [0.717, 1.165) is 113 Å². The molecule has 0 aliphatic rings. The Balaban J connectivity index is 1.33. The second kappa shape index (κ2) is 20.1. The van der Waals surface area contributed by atoms with E-state index in [2.05, 4.69) is 212 Å². The number of hydrogen-bond donors (Lipinski definition) is 0. The van der Waals surface area contributed by atoms with Crippen LogP contribution in [0.25, 0.3) is 55.6 Å². The number of unbranched alkanes of at least 4 members (excludes halogenated alkanes) is 1. The Hall–Kier alpha value is -8.49. The highest BCUT2D eigenvalue weighted by Gasteiger charge is 2.38. The third kappa shape index (κ3) is 8.85. The van der Waals surface area contributed by atoms with Crippen molar-refractivity contribution >= 4 is 11.6 Å². The summed E-state index contributed by atoms with van der Waals surface area (Å²) in [6.07, 6.45) is 19.4. The smallest absolute Gasteiger partial charge is 0.0701 e. The average Bonchev–Trinajstić information content (AvgIpc) is 3.41. The summed E-state index contributed by atoms with van der Waals surface area (Å²) in [5.74, 6) is 15.7. The zero-order valence-corrected chi connectivity index (χ0v) is 37.8. The van der Waals surface area contributed by atoms with Crippen LogP contribution in [0.5, 0.6) is 0 Å². The van der Waals surface area contributed by atoms with Crippen LogP contribution < -0.4 is 0 Å². The van der Waals surface area contributed by atoms with Gasteiger partial charge in [0.05, 0.1) is 5.41 Å². The summed E-state index contributed by atoms with van der Waals surface area (Å²) in [4.78, 5) is 0. The number of terminal acetylenes is 3. The lowest BCUT2D eigenvalue weighted by Gasteiger charge is -2.37. The fraction of sp³-hybridized carbons (Fsp3) is 0.0606. The molecule has 0 N–H and O–H groups in total. The molecule has 0 saturated carbocycles. The lowest BCUT2D eigenvalue weighted by atomic mass is 9.64. The van der Waals surface area contributed by atoms with Crippen molar-refractivity contribution in [3.05, 3.63) is 263 Å². The molecule has 1 heteroatoms. The van der Waals surface area contributed by atoms with Gasteiger partial charge in [-0.3, -0.25) is 0 Å². The molecule has 0 saturated heterocycles. The molecule has 67 heavy (non-hydrogen) atoms. The maximum absolute atomic E-state index is 5.95. The molecule has 0 nitrogen and oxygen atoms in total. The van der Waals surface area contributed by atoms with Gasteiger partial charge >= 0.3 is 0 Å². The van der Waals surface area contributed by atoms with E-state index < -0.39 is 5.41 Å². The molecule has 0 fully saturated rings. The molecule has 0 atom stereocenters. The number of benzene rings is 9. The number of rotatable bonds is 11. The first-order valence-corrected chi connectivity index (χ1v) is 22.9. The fourth-order valence-corrected chi connectivity index (χ4v) is 9.38. The SMILES string of the molecule is C#Cc1ccc(C(c2ccc(C#C)cc2)(c2ccc(C#C)cc2)c2ccc(-c3cc(-c4ccccc4)c(-c4ccc(C#CCCCCl)cc4)c(-c4ccccc4)c3-c3ccccc3)cc2)cc1. The van der Waals surface area contributed by atoms with E-state index in [1.54, 1.807) is 0 Å². The largest absolute Gasteiger partial charge is 0.127 e. The normalized spacial score (nSPS) is 10.8. The molecule has 0 aliphatic heterocycles. The lowest BCUT2D eigenvalue weighted by Crippen LogP contribution is -2.31. The first-order valence-electron chi connectivity index (χ1n) is 22.4. The molecule has 9 aromatic carbocycles. The minimum atomic E-state index is -0.775. The van der Waals surface area contributed by atoms with E-state index >= 15 is 0 Å². The lowest BCUT2D eigenvalue weighted by molar-refractivity contribution is 0.745. The Morgan fingerprint density at radius 1 is 0.358 bits per heavy atom. The third-order valence-electron chi connectivity index (χ3n) is 12.5. The Morgan fingerprint density at radius 3 is 1.09 bits per heavy atom. The number of alkyl halides is 1. The van der Waals surface area contributed by atoms with Gasteiger partial charge in [-0.1, -0.05) is 193 Å². The van der Waals surface area contributed by atoms with Crippen LogP contribution in [0.4, 0.5) is 0 Å². The molecule has 0 amide bonds. The van der Waals surface area contributed by atoms with Crippen molar-refractivity contribution in [1.82, 2.24) is 0 Å². The van der Waals surface area contributed by atoms with Crippen LogP contribution in [0.2, 0.25) is 0 Å². The molecule has 9 rings (SSSR count). The molecule has 0 aromatic heterocycles. The summed E-state index contributed by atoms with van der Waals surface area (Å²) < 4.78 is 0. The van der Waals surface area contributed by atoms with Crippen LogP contribution in [-0.2, 0) is 5.41 Å². The molecule has 316 valence electrons. The Morgan fingerprint density at radius 2 is 0.687 bits per heavy atom. The van der Waals surface area contributed by atoms with Crippen LogP contribution in [-0.4, -0.2) is 5.88 Å². The first-order chi connectivity index (χ1) is 33.0. The molecular weight excluding hydrogens is 828 g/mol. The summed E-state index contributed by atoms with van der Waals surface area (Å²) in [6.45, 7) is 0. The molecule has 0 spiro atoms. The maximum Gasteiger partial charge on any atom is 0.0701 e. The highest BCUT2D eigenvalue weighted by atomic mass is 35.5. The van der Waals surface area contributed by atoms with Crippen LogP contribution in [0.3, 0.4) is 0 Å². The van der Waals surface area contributed by atoms with Gasteiger partial charge in [-0.2, -0.15) is 0 Å². The minimum Gasteiger partial charge on any atom is -0.127 e. The number of hydrogen-bond acceptors (Lipinski definition) is 0. The second-order valence-corrected chi connectivity index (χ2v) is 16.7. The van der Waals surface area contributed by atoms with Crippen molar-refractivity contribution in [2.75, 3.05) is 5.88 Å². The molecular formula is C66H45Cl. The summed E-state index contributed by atoms with van der Waals surface area (Å²) >= 11 is 5.95. The molecule has 0 unspecified atom stereocenters. The third-order valence-corrected chi connectivity index (χ3v) is 12.7. The van der Waals surface area contributed by atoms with E-state index in [0.29, 0.717) is 5.88 Å². The minimum absolute atomic E-state index is 0.606. The average molecular weight is 874 g/mol. The van der Waals surface area contributed by atoms with Gasteiger partial charge in [0.15, 0.2) is 0 Å². The van der Waals surface area contributed by atoms with Crippen molar-refractivity contribution in [3.8, 4) is 105 Å². The van der Waals surface area contributed by atoms with Crippen molar-refractivity contribution in [2.24, 2.45) is 0 Å². The van der Waals surface area contributed by atoms with Crippen molar-refractivity contribution < 1.29 is 0 Å². The van der Waals surface area contributed by atoms with Gasteiger partial charge in [0, 0.05) is 34.6 Å². The van der Waals surface area contributed by atoms with Crippen molar-refractivity contribution in [3.63, 3.8) is 0 Å². The topological polar surface area (TPSA) is 0 Å². The van der Waals surface area contributed by atoms with Crippen LogP contribution >= 0.6 is 11.6 Å². The number of halogens is 1. The zero-order valence-electron chi connectivity index (χ0n) is 37.0. The predicted molar refractivity (Wildman–Crippen MR) is 283 cm³/mol. The second-order valence-electron chi connectivity index (χ2n) is 16.4. The summed E-state index contributed by atoms with van der Waals surface area (Å²) in [5.41, 5.74) is 18.1. The zero-order chi connectivity index (χ0) is 46.0. The summed E-state index contributed by atoms with van der Waals surface area (Å²) in [7, 11) is 0. The standard InChI is InChI=1S/C66H45Cl/c1-4-48-28-38-57(39-29-48)66(58-40-30-49(5-2)31-41-58,59-42-32-50(6-3)33-43-59)60-44-36-53(37-45-60)62-47-61(52-20-12-7-13-21-52)64(56-34-26-51(27-35-56)19-11-10-18-46-67)65(55-24-16-9-17-25-55)63(62)54-22-14-8-15-23-54/h1-3,7-9,12-17,20-45,47H,10,18,46H2. The van der Waals surface area contributed by atoms with Gasteiger partial charge < -0.3 is 0 Å². The van der Waals surface area contributed by atoms with Gasteiger partial charge in [0.1, 0.15) is 0 Å². The van der Waals surface area contributed by atoms with Gasteiger partial charge in [-0.25, -0.2) is 0 Å². The van der Waals surface area contributed by atoms with Crippen molar-refractivity contribution in [1.29, 1.82) is 0 Å². The molecule has 0 heterocycles. The maximum atomic E-state index is 5.95. The molecule has 0 aliphatic carbocycles. The Labute approximate surface area is 401 Å². The summed E-state index contributed by atoms with van der Waals surface area (Å²) in [5, 5.41) is 0. The highest BCUT2D eigenvalue weighted by molar-refractivity contribution is 6.17. The molecule has 9 aromatic rings. The molecule has 0 bridgehead atoms. The van der Waals surface area contributed by atoms with Crippen LogP contribution in [0.1, 0.15) is 57.3 Å². The van der Waals surface area contributed by atoms with E-state index in [1.807, 2.05) is 36.4 Å². The highest BCUT2D eigenvalue weighted by Crippen LogP contribution is 2.51. The first kappa shape index (κ1) is 43.7. The van der Waals surface area contributed by atoms with E-state index in [1.165, 1.54) is 0 Å². The van der Waals surface area contributed by atoms with Gasteiger partial charge in [0.2, 0.25) is 0 Å². The summed E-state index contributed by atoms with van der Waals surface area (Å²) in [6, 6.07) is 77.3. The molecule has 0 radical (unpaired) electrons. The Kier molecular flexibility index (Phi) is 13.1. The van der Waals surface area contributed by atoms with E-state index in [9.17, 15) is 0 Å². The quantitative estimate of drug-likeness (QED) is 0.0526. The van der Waals surface area contributed by atoms with E-state index in [-0.39, 0.29) is 0 Å². The monoisotopic (exact) mass is 872 g/mol. The fourth-order valence-electron chi connectivity index (χ4n) is 9.24. The van der Waals surface area contributed by atoms with Crippen molar-refractivity contribution in [2.45, 2.75) is 18.3 Å². The van der Waals surface area contributed by atoms with Crippen LogP contribution in [0.15, 0.2) is 218 Å². The van der Waals surface area contributed by atoms with Gasteiger partial charge in [0.25, 0.3) is 0 Å². The van der Waals surface area contributed by atoms with Gasteiger partial charge in [-0.15, -0.1) is 30.9 Å². The van der Waals surface area contributed by atoms with Gasteiger partial charge in [-0.05, 0) is 139 Å². The Bertz CT molecular complexity index is 3190.